The van der Waals surface area contributed by atoms with Crippen molar-refractivity contribution in [1.82, 2.24) is 15.0 Å². The maximum atomic E-state index is 5.83. The van der Waals surface area contributed by atoms with Crippen molar-refractivity contribution in [1.29, 1.82) is 0 Å². The fraction of sp³-hybridized carbons (Fsp3) is 0.333. The van der Waals surface area contributed by atoms with Gasteiger partial charge in [0.1, 0.15) is 0 Å². The predicted octanol–water partition coefficient (Wildman–Crippen LogP) is 2.20. The molecule has 17 heavy (non-hydrogen) atoms. The Morgan fingerprint density at radius 3 is 2.65 bits per heavy atom. The van der Waals surface area contributed by atoms with Crippen LogP contribution >= 0.6 is 11.6 Å². The van der Waals surface area contributed by atoms with Crippen molar-refractivity contribution in [3.05, 3.63) is 41.2 Å². The molecule has 2 rings (SSSR count). The van der Waals surface area contributed by atoms with Crippen molar-refractivity contribution < 1.29 is 0 Å². The molecule has 90 valence electrons. The normalized spacial score (nSPS) is 10.7. The molecule has 0 aliphatic rings. The van der Waals surface area contributed by atoms with Gasteiger partial charge in [-0.3, -0.25) is 0 Å². The minimum atomic E-state index is 0.719. The van der Waals surface area contributed by atoms with Crippen molar-refractivity contribution in [3.63, 3.8) is 0 Å². The van der Waals surface area contributed by atoms with E-state index in [1.165, 1.54) is 0 Å². The number of nitrogens with zero attached hydrogens (tertiary/aromatic N) is 3. The maximum absolute atomic E-state index is 5.83. The van der Waals surface area contributed by atoms with Crippen LogP contribution in [0.25, 0.3) is 5.69 Å². The zero-order valence-electron chi connectivity index (χ0n) is 9.51. The van der Waals surface area contributed by atoms with Gasteiger partial charge in [0.15, 0.2) is 0 Å². The van der Waals surface area contributed by atoms with E-state index in [-0.39, 0.29) is 0 Å². The van der Waals surface area contributed by atoms with Gasteiger partial charge in [0, 0.05) is 5.02 Å². The first-order valence-corrected chi connectivity index (χ1v) is 6.04. The second-order valence-corrected chi connectivity index (χ2v) is 4.31. The minimum Gasteiger partial charge on any atom is -0.330 e. The molecular weight excluding hydrogens is 236 g/mol. The van der Waals surface area contributed by atoms with Gasteiger partial charge in [-0.1, -0.05) is 16.8 Å². The summed E-state index contributed by atoms with van der Waals surface area (Å²) in [5.41, 5.74) is 7.41. The Morgan fingerprint density at radius 2 is 1.94 bits per heavy atom. The van der Waals surface area contributed by atoms with Gasteiger partial charge in [-0.15, -0.1) is 5.10 Å². The second kappa shape index (κ2) is 5.80. The lowest BCUT2D eigenvalue weighted by molar-refractivity contribution is 0.727. The molecule has 2 N–H and O–H groups in total. The zero-order valence-corrected chi connectivity index (χ0v) is 10.3. The molecule has 0 aliphatic carbocycles. The first-order chi connectivity index (χ1) is 8.29. The summed E-state index contributed by atoms with van der Waals surface area (Å²) in [6.07, 6.45) is 4.94. The molecule has 0 amide bonds. The standard InChI is InChI=1S/C12H15ClN4/c13-10-4-6-12(7-5-10)17-9-11(15-16-17)3-1-2-8-14/h4-7,9H,1-3,8,14H2. The first kappa shape index (κ1) is 12.1. The third kappa shape index (κ3) is 3.28. The van der Waals surface area contributed by atoms with Crippen molar-refractivity contribution in [2.24, 2.45) is 5.73 Å². The van der Waals surface area contributed by atoms with Crippen LogP contribution in [0.3, 0.4) is 0 Å². The summed E-state index contributed by atoms with van der Waals surface area (Å²) in [6, 6.07) is 7.51. The molecule has 1 aromatic carbocycles. The molecule has 0 saturated carbocycles. The summed E-state index contributed by atoms with van der Waals surface area (Å²) in [6.45, 7) is 0.728. The van der Waals surface area contributed by atoms with Crippen LogP contribution in [0.4, 0.5) is 0 Å². The SMILES string of the molecule is NCCCCc1cn(-c2ccc(Cl)cc2)nn1. The van der Waals surface area contributed by atoms with Gasteiger partial charge in [-0.25, -0.2) is 4.68 Å². The lowest BCUT2D eigenvalue weighted by Crippen LogP contribution is -1.99. The molecule has 0 radical (unpaired) electrons. The van der Waals surface area contributed by atoms with Crippen LogP contribution < -0.4 is 5.73 Å². The second-order valence-electron chi connectivity index (χ2n) is 3.88. The van der Waals surface area contributed by atoms with E-state index < -0.39 is 0 Å². The average Bonchev–Trinajstić information content (AvgIpc) is 2.79. The molecular formula is C12H15ClN4. The van der Waals surface area contributed by atoms with Gasteiger partial charge in [0.05, 0.1) is 17.6 Å². The van der Waals surface area contributed by atoms with E-state index in [1.807, 2.05) is 30.5 Å². The van der Waals surface area contributed by atoms with E-state index in [4.69, 9.17) is 17.3 Å². The maximum Gasteiger partial charge on any atom is 0.0831 e. The van der Waals surface area contributed by atoms with Crippen LogP contribution in [-0.2, 0) is 6.42 Å². The molecule has 0 atom stereocenters. The number of aromatic nitrogens is 3. The lowest BCUT2D eigenvalue weighted by atomic mass is 10.2. The van der Waals surface area contributed by atoms with E-state index in [1.54, 1.807) is 4.68 Å². The Hall–Kier alpha value is -1.39. The fourth-order valence-electron chi connectivity index (χ4n) is 1.58. The number of hydrogen-bond acceptors (Lipinski definition) is 3. The number of unbranched alkanes of at least 4 members (excludes halogenated alkanes) is 1. The van der Waals surface area contributed by atoms with Gasteiger partial charge in [0.25, 0.3) is 0 Å². The Morgan fingerprint density at radius 1 is 1.18 bits per heavy atom. The Balaban J connectivity index is 2.04. The van der Waals surface area contributed by atoms with Crippen LogP contribution in [-0.4, -0.2) is 21.5 Å². The van der Waals surface area contributed by atoms with Crippen LogP contribution in [0, 0.1) is 0 Å². The fourth-order valence-corrected chi connectivity index (χ4v) is 1.71. The molecule has 0 bridgehead atoms. The largest absolute Gasteiger partial charge is 0.330 e. The summed E-state index contributed by atoms with van der Waals surface area (Å²) < 4.78 is 1.76. The molecule has 0 aliphatic heterocycles. The number of benzene rings is 1. The number of nitrogens with two attached hydrogens (primary N) is 1. The molecule has 4 nitrogen and oxygen atoms in total. The number of halogens is 1. The zero-order chi connectivity index (χ0) is 12.1. The highest BCUT2D eigenvalue weighted by atomic mass is 35.5. The highest BCUT2D eigenvalue weighted by Crippen LogP contribution is 2.13. The van der Waals surface area contributed by atoms with Crippen molar-refractivity contribution in [3.8, 4) is 5.69 Å². The van der Waals surface area contributed by atoms with Gasteiger partial charge < -0.3 is 5.73 Å². The predicted molar refractivity (Wildman–Crippen MR) is 68.4 cm³/mol. The third-order valence-corrected chi connectivity index (χ3v) is 2.77. The highest BCUT2D eigenvalue weighted by molar-refractivity contribution is 6.30. The van der Waals surface area contributed by atoms with E-state index in [0.717, 1.165) is 42.2 Å². The van der Waals surface area contributed by atoms with E-state index >= 15 is 0 Å². The molecule has 1 heterocycles. The summed E-state index contributed by atoms with van der Waals surface area (Å²) in [7, 11) is 0. The average molecular weight is 251 g/mol. The van der Waals surface area contributed by atoms with Crippen LogP contribution in [0.2, 0.25) is 5.02 Å². The third-order valence-electron chi connectivity index (χ3n) is 2.52. The van der Waals surface area contributed by atoms with Crippen molar-refractivity contribution in [2.75, 3.05) is 6.54 Å². The van der Waals surface area contributed by atoms with Crippen LogP contribution in [0.15, 0.2) is 30.5 Å². The van der Waals surface area contributed by atoms with E-state index in [0.29, 0.717) is 0 Å². The summed E-state index contributed by atoms with van der Waals surface area (Å²) in [5, 5.41) is 8.93. The summed E-state index contributed by atoms with van der Waals surface area (Å²) in [4.78, 5) is 0. The minimum absolute atomic E-state index is 0.719. The number of aryl methyl sites for hydroxylation is 1. The molecule has 0 saturated heterocycles. The molecule has 0 spiro atoms. The van der Waals surface area contributed by atoms with Crippen LogP contribution in [0.5, 0.6) is 0 Å². The van der Waals surface area contributed by atoms with Crippen molar-refractivity contribution in [2.45, 2.75) is 19.3 Å². The summed E-state index contributed by atoms with van der Waals surface area (Å²) in [5.74, 6) is 0. The molecule has 5 heteroatoms. The quantitative estimate of drug-likeness (QED) is 0.828. The monoisotopic (exact) mass is 250 g/mol. The first-order valence-electron chi connectivity index (χ1n) is 5.67. The summed E-state index contributed by atoms with van der Waals surface area (Å²) >= 11 is 5.83. The smallest absolute Gasteiger partial charge is 0.0831 e. The van der Waals surface area contributed by atoms with Gasteiger partial charge >= 0.3 is 0 Å². The molecule has 1 aromatic heterocycles. The van der Waals surface area contributed by atoms with Crippen molar-refractivity contribution >= 4 is 11.6 Å². The lowest BCUT2D eigenvalue weighted by Gasteiger charge is -1.98. The van der Waals surface area contributed by atoms with Gasteiger partial charge in [-0.2, -0.15) is 0 Å². The molecule has 0 fully saturated rings. The van der Waals surface area contributed by atoms with Gasteiger partial charge in [0.2, 0.25) is 0 Å². The Bertz CT molecular complexity index is 464. The Labute approximate surface area is 105 Å². The molecule has 2 aromatic rings. The van der Waals surface area contributed by atoms with Crippen LogP contribution in [0.1, 0.15) is 18.5 Å². The molecule has 0 unspecified atom stereocenters. The number of hydrogen-bond donors (Lipinski definition) is 1. The number of rotatable bonds is 5. The van der Waals surface area contributed by atoms with Gasteiger partial charge in [-0.05, 0) is 50.1 Å². The Kier molecular flexibility index (Phi) is 4.12. The topological polar surface area (TPSA) is 56.7 Å². The van der Waals surface area contributed by atoms with E-state index in [9.17, 15) is 0 Å². The highest BCUT2D eigenvalue weighted by Gasteiger charge is 2.02. The van der Waals surface area contributed by atoms with E-state index in [2.05, 4.69) is 10.3 Å².